The number of aromatic nitrogens is 2. The largest absolute Gasteiger partial charge is 0.289 e. The second kappa shape index (κ2) is 6.29. The number of hydrazine groups is 1. The van der Waals surface area contributed by atoms with E-state index < -0.39 is 5.91 Å². The van der Waals surface area contributed by atoms with Crippen LogP contribution in [0.4, 0.5) is 0 Å². The number of benzene rings is 1. The van der Waals surface area contributed by atoms with Gasteiger partial charge in [-0.2, -0.15) is 0 Å². The summed E-state index contributed by atoms with van der Waals surface area (Å²) >= 11 is 0. The van der Waals surface area contributed by atoms with Gasteiger partial charge in [-0.25, -0.2) is 4.98 Å². The van der Waals surface area contributed by atoms with E-state index in [0.29, 0.717) is 11.9 Å². The lowest BCUT2D eigenvalue weighted by Crippen LogP contribution is -2.50. The molecule has 2 amide bonds. The van der Waals surface area contributed by atoms with Crippen LogP contribution in [0.3, 0.4) is 0 Å². The Labute approximate surface area is 158 Å². The lowest BCUT2D eigenvalue weighted by atomic mass is 9.49. The lowest BCUT2D eigenvalue weighted by molar-refractivity contribution is -0.130. The number of hydrogen-bond donors (Lipinski definition) is 2. The molecule has 0 atom stereocenters. The van der Waals surface area contributed by atoms with Crippen molar-refractivity contribution in [2.75, 3.05) is 0 Å². The third kappa shape index (κ3) is 3.17. The average molecular weight is 364 g/mol. The number of hydrogen-bond acceptors (Lipinski definition) is 4. The molecule has 4 bridgehead atoms. The van der Waals surface area contributed by atoms with Crippen LogP contribution in [0.2, 0.25) is 0 Å². The quantitative estimate of drug-likeness (QED) is 0.820. The van der Waals surface area contributed by atoms with Crippen molar-refractivity contribution in [2.45, 2.75) is 44.9 Å². The Kier molecular flexibility index (Phi) is 3.88. The Hall–Kier alpha value is -2.50. The minimum absolute atomic E-state index is 0.0981. The van der Waals surface area contributed by atoms with E-state index in [9.17, 15) is 9.59 Å². The van der Waals surface area contributed by atoms with Crippen LogP contribution in [0.1, 0.15) is 55.4 Å². The van der Waals surface area contributed by atoms with Crippen molar-refractivity contribution < 1.29 is 9.59 Å². The van der Waals surface area contributed by atoms with Crippen LogP contribution in [0, 0.1) is 23.2 Å². The van der Waals surface area contributed by atoms with Crippen LogP contribution in [-0.4, -0.2) is 21.8 Å². The highest BCUT2D eigenvalue weighted by atomic mass is 16.2. The van der Waals surface area contributed by atoms with Crippen LogP contribution in [0.25, 0.3) is 11.0 Å². The summed E-state index contributed by atoms with van der Waals surface area (Å²) in [5.41, 5.74) is 6.85. The highest BCUT2D eigenvalue weighted by Crippen LogP contribution is 2.61. The SMILES string of the molecule is O=C(CC12CC3CC(CC(C3)C1)C2)NNC(=O)c1cnc2ccccc2n1. The maximum Gasteiger partial charge on any atom is 0.289 e. The first kappa shape index (κ1) is 16.7. The molecule has 2 N–H and O–H groups in total. The van der Waals surface area contributed by atoms with E-state index in [1.54, 1.807) is 0 Å². The molecule has 0 unspecified atom stereocenters. The molecule has 6 heteroatoms. The Bertz CT molecular complexity index is 875. The number of fused-ring (bicyclic) bond motifs is 1. The summed E-state index contributed by atoms with van der Waals surface area (Å²) in [5.74, 6) is 1.90. The van der Waals surface area contributed by atoms with Gasteiger partial charge < -0.3 is 0 Å². The first-order chi connectivity index (χ1) is 13.1. The van der Waals surface area contributed by atoms with E-state index in [0.717, 1.165) is 23.3 Å². The standard InChI is InChI=1S/C21H24N4O2/c26-19(11-21-8-13-5-14(9-21)7-15(6-13)10-21)24-25-20(27)18-12-22-16-3-1-2-4-17(16)23-18/h1-4,12-15H,5-11H2,(H,24,26)(H,25,27). The summed E-state index contributed by atoms with van der Waals surface area (Å²) in [6.45, 7) is 0. The van der Waals surface area contributed by atoms with E-state index in [-0.39, 0.29) is 17.0 Å². The van der Waals surface area contributed by atoms with Crippen molar-refractivity contribution >= 4 is 22.8 Å². The molecule has 1 aromatic carbocycles. The monoisotopic (exact) mass is 364 g/mol. The van der Waals surface area contributed by atoms with Gasteiger partial charge in [0.1, 0.15) is 5.69 Å². The third-order valence-electron chi connectivity index (χ3n) is 6.70. The number of nitrogens with one attached hydrogen (secondary N) is 2. The van der Waals surface area contributed by atoms with Gasteiger partial charge >= 0.3 is 0 Å². The van der Waals surface area contributed by atoms with Gasteiger partial charge in [0, 0.05) is 6.42 Å². The molecule has 0 saturated heterocycles. The van der Waals surface area contributed by atoms with E-state index in [1.165, 1.54) is 44.7 Å². The van der Waals surface area contributed by atoms with Crippen LogP contribution in [0.15, 0.2) is 30.5 Å². The summed E-state index contributed by atoms with van der Waals surface area (Å²) in [6, 6.07) is 7.38. The number of carbonyl (C=O) groups excluding carboxylic acids is 2. The molecule has 4 aliphatic rings. The van der Waals surface area contributed by atoms with Gasteiger partial charge in [0.25, 0.3) is 5.91 Å². The van der Waals surface area contributed by atoms with Crippen LogP contribution in [-0.2, 0) is 4.79 Å². The predicted molar refractivity (Wildman–Crippen MR) is 100 cm³/mol. The zero-order valence-corrected chi connectivity index (χ0v) is 15.3. The first-order valence-corrected chi connectivity index (χ1v) is 9.90. The molecular formula is C21H24N4O2. The Morgan fingerprint density at radius 2 is 1.59 bits per heavy atom. The van der Waals surface area contributed by atoms with E-state index in [2.05, 4.69) is 20.8 Å². The lowest BCUT2D eigenvalue weighted by Gasteiger charge is -2.56. The molecule has 0 radical (unpaired) electrons. The van der Waals surface area contributed by atoms with E-state index >= 15 is 0 Å². The highest BCUT2D eigenvalue weighted by molar-refractivity contribution is 5.94. The van der Waals surface area contributed by atoms with Gasteiger partial charge in [0.05, 0.1) is 17.2 Å². The Balaban J connectivity index is 1.21. The molecular weight excluding hydrogens is 340 g/mol. The smallest absolute Gasteiger partial charge is 0.273 e. The number of rotatable bonds is 3. The minimum Gasteiger partial charge on any atom is -0.273 e. The van der Waals surface area contributed by atoms with Gasteiger partial charge in [-0.05, 0) is 73.8 Å². The summed E-state index contributed by atoms with van der Waals surface area (Å²) in [7, 11) is 0. The predicted octanol–water partition coefficient (Wildman–Crippen LogP) is 3.00. The van der Waals surface area contributed by atoms with Crippen molar-refractivity contribution in [3.05, 3.63) is 36.2 Å². The van der Waals surface area contributed by atoms with Crippen LogP contribution >= 0.6 is 0 Å². The summed E-state index contributed by atoms with van der Waals surface area (Å²) in [4.78, 5) is 33.4. The molecule has 6 rings (SSSR count). The zero-order chi connectivity index (χ0) is 18.4. The molecule has 2 aromatic rings. The van der Waals surface area contributed by atoms with E-state index in [4.69, 9.17) is 0 Å². The minimum atomic E-state index is -0.438. The zero-order valence-electron chi connectivity index (χ0n) is 15.3. The number of nitrogens with zero attached hydrogens (tertiary/aromatic N) is 2. The van der Waals surface area contributed by atoms with Crippen molar-refractivity contribution in [3.8, 4) is 0 Å². The second-order valence-electron chi connectivity index (χ2n) is 8.84. The van der Waals surface area contributed by atoms with Crippen LogP contribution < -0.4 is 10.9 Å². The molecule has 1 heterocycles. The molecule has 4 aliphatic carbocycles. The fraction of sp³-hybridized carbons (Fsp3) is 0.524. The molecule has 0 spiro atoms. The summed E-state index contributed by atoms with van der Waals surface area (Å²) in [6.07, 6.45) is 9.56. The summed E-state index contributed by atoms with van der Waals surface area (Å²) in [5, 5.41) is 0. The van der Waals surface area contributed by atoms with Crippen molar-refractivity contribution in [2.24, 2.45) is 23.2 Å². The van der Waals surface area contributed by atoms with Crippen molar-refractivity contribution in [3.63, 3.8) is 0 Å². The van der Waals surface area contributed by atoms with Gasteiger partial charge in [-0.1, -0.05) is 12.1 Å². The Morgan fingerprint density at radius 1 is 0.963 bits per heavy atom. The molecule has 4 fully saturated rings. The number of carbonyl (C=O) groups is 2. The average Bonchev–Trinajstić information content (AvgIpc) is 2.64. The highest BCUT2D eigenvalue weighted by Gasteiger charge is 2.51. The maximum atomic E-state index is 12.5. The van der Waals surface area contributed by atoms with Gasteiger partial charge in [-0.15, -0.1) is 0 Å². The summed E-state index contributed by atoms with van der Waals surface area (Å²) < 4.78 is 0. The van der Waals surface area contributed by atoms with E-state index in [1.807, 2.05) is 24.3 Å². The molecule has 1 aromatic heterocycles. The normalized spacial score (nSPS) is 31.0. The van der Waals surface area contributed by atoms with Crippen molar-refractivity contribution in [1.29, 1.82) is 0 Å². The molecule has 4 saturated carbocycles. The number of amides is 2. The van der Waals surface area contributed by atoms with Gasteiger partial charge in [-0.3, -0.25) is 25.4 Å². The second-order valence-corrected chi connectivity index (χ2v) is 8.84. The first-order valence-electron chi connectivity index (χ1n) is 9.90. The number of para-hydroxylation sites is 2. The fourth-order valence-electron chi connectivity index (χ4n) is 6.15. The van der Waals surface area contributed by atoms with Crippen molar-refractivity contribution in [1.82, 2.24) is 20.8 Å². The molecule has 27 heavy (non-hydrogen) atoms. The molecule has 6 nitrogen and oxygen atoms in total. The van der Waals surface area contributed by atoms with Gasteiger partial charge in [0.2, 0.25) is 5.91 Å². The topological polar surface area (TPSA) is 84.0 Å². The van der Waals surface area contributed by atoms with Gasteiger partial charge in [0.15, 0.2) is 0 Å². The fourth-order valence-corrected chi connectivity index (χ4v) is 6.15. The molecule has 140 valence electrons. The molecule has 0 aliphatic heterocycles. The third-order valence-corrected chi connectivity index (χ3v) is 6.70. The van der Waals surface area contributed by atoms with Crippen LogP contribution in [0.5, 0.6) is 0 Å². The maximum absolute atomic E-state index is 12.5. The Morgan fingerprint density at radius 3 is 2.26 bits per heavy atom.